The number of hydrogen-bond acceptors (Lipinski definition) is 4. The van der Waals surface area contributed by atoms with E-state index in [4.69, 9.17) is 0 Å². The molecule has 2 aromatic rings. The Morgan fingerprint density at radius 2 is 1.85 bits per heavy atom. The Morgan fingerprint density at radius 1 is 1.15 bits per heavy atom. The zero-order chi connectivity index (χ0) is 18.8. The molecule has 2 rings (SSSR count). The third-order valence-electron chi connectivity index (χ3n) is 3.72. The van der Waals surface area contributed by atoms with Crippen LogP contribution in [0.3, 0.4) is 0 Å². The quantitative estimate of drug-likeness (QED) is 0.271. The summed E-state index contributed by atoms with van der Waals surface area (Å²) in [7, 11) is 1.81. The van der Waals surface area contributed by atoms with Crippen LogP contribution in [0, 0.1) is 0 Å². The highest BCUT2D eigenvalue weighted by atomic mass is 79.9. The fourth-order valence-electron chi connectivity index (χ4n) is 2.34. The van der Waals surface area contributed by atoms with E-state index in [0.29, 0.717) is 0 Å². The van der Waals surface area contributed by atoms with E-state index in [2.05, 4.69) is 79.9 Å². The summed E-state index contributed by atoms with van der Waals surface area (Å²) in [6.07, 6.45) is 5.64. The fraction of sp³-hybridized carbons (Fsp3) is 0.500. The van der Waals surface area contributed by atoms with Gasteiger partial charge < -0.3 is 15.2 Å². The molecule has 1 aromatic heterocycles. The molecule has 0 unspecified atom stereocenters. The minimum atomic E-state index is 0.0554. The Bertz CT molecular complexity index is 669. The van der Waals surface area contributed by atoms with Crippen LogP contribution in [0.1, 0.15) is 26.7 Å². The van der Waals surface area contributed by atoms with Gasteiger partial charge in [-0.05, 0) is 51.0 Å². The van der Waals surface area contributed by atoms with Gasteiger partial charge >= 0.3 is 0 Å². The van der Waals surface area contributed by atoms with Crippen LogP contribution in [-0.4, -0.2) is 45.6 Å². The number of aryl methyl sites for hydroxylation is 1. The van der Waals surface area contributed by atoms with Crippen LogP contribution in [0.2, 0.25) is 0 Å². The number of rotatable bonds is 9. The number of benzene rings is 1. The second-order valence-electron chi connectivity index (χ2n) is 6.58. The molecule has 0 radical (unpaired) electrons. The lowest BCUT2D eigenvalue weighted by Gasteiger charge is -2.25. The van der Waals surface area contributed by atoms with Crippen molar-refractivity contribution in [2.24, 2.45) is 4.99 Å². The molecule has 0 amide bonds. The van der Waals surface area contributed by atoms with Crippen molar-refractivity contribution >= 4 is 33.7 Å². The Hall–Kier alpha value is -1.54. The van der Waals surface area contributed by atoms with Gasteiger partial charge in [-0.3, -0.25) is 4.99 Å². The van der Waals surface area contributed by atoms with Crippen molar-refractivity contribution in [1.82, 2.24) is 25.4 Å². The second kappa shape index (κ2) is 10.6. The van der Waals surface area contributed by atoms with Gasteiger partial charge in [0.2, 0.25) is 0 Å². The molecule has 0 spiro atoms. The van der Waals surface area contributed by atoms with E-state index >= 15 is 0 Å². The van der Waals surface area contributed by atoms with Gasteiger partial charge in [-0.25, -0.2) is 0 Å². The Balaban J connectivity index is 1.67. The van der Waals surface area contributed by atoms with Gasteiger partial charge in [0, 0.05) is 40.8 Å². The molecule has 8 heteroatoms. The molecule has 0 aliphatic rings. The number of thioether (sulfide) groups is 1. The highest BCUT2D eigenvalue weighted by Gasteiger charge is 2.20. The van der Waals surface area contributed by atoms with Crippen molar-refractivity contribution < 1.29 is 0 Å². The van der Waals surface area contributed by atoms with Gasteiger partial charge in [-0.1, -0.05) is 15.9 Å². The summed E-state index contributed by atoms with van der Waals surface area (Å²) < 4.78 is 3.15. The van der Waals surface area contributed by atoms with E-state index in [1.807, 2.05) is 16.3 Å². The van der Waals surface area contributed by atoms with Crippen LogP contribution >= 0.6 is 27.7 Å². The van der Waals surface area contributed by atoms with Crippen molar-refractivity contribution in [1.29, 1.82) is 0 Å². The van der Waals surface area contributed by atoms with E-state index in [9.17, 15) is 0 Å². The summed E-state index contributed by atoms with van der Waals surface area (Å²) in [4.78, 5) is 5.57. The summed E-state index contributed by atoms with van der Waals surface area (Å²) in [6.45, 7) is 7.13. The SMILES string of the molecule is CN=C(NCCCCn1cnnc1)NCC(C)(C)Sc1ccc(Br)cc1. The predicted octanol–water partition coefficient (Wildman–Crippen LogP) is 3.56. The van der Waals surface area contributed by atoms with Gasteiger partial charge in [0.1, 0.15) is 12.7 Å². The van der Waals surface area contributed by atoms with E-state index < -0.39 is 0 Å². The second-order valence-corrected chi connectivity index (χ2v) is 9.27. The van der Waals surface area contributed by atoms with Crippen molar-refractivity contribution in [2.45, 2.75) is 42.9 Å². The Kier molecular flexibility index (Phi) is 8.44. The molecule has 1 aromatic carbocycles. The number of nitrogens with one attached hydrogen (secondary N) is 2. The molecule has 26 heavy (non-hydrogen) atoms. The minimum Gasteiger partial charge on any atom is -0.356 e. The summed E-state index contributed by atoms with van der Waals surface area (Å²) in [5.74, 6) is 0.846. The topological polar surface area (TPSA) is 67.1 Å². The van der Waals surface area contributed by atoms with Gasteiger partial charge in [-0.2, -0.15) is 0 Å². The molecule has 0 bridgehead atoms. The molecule has 1 heterocycles. The first-order valence-electron chi connectivity index (χ1n) is 8.70. The molecule has 6 nitrogen and oxygen atoms in total. The number of guanidine groups is 1. The number of aromatic nitrogens is 3. The van der Waals surface area contributed by atoms with Crippen LogP contribution in [-0.2, 0) is 6.54 Å². The van der Waals surface area contributed by atoms with E-state index in [-0.39, 0.29) is 4.75 Å². The lowest BCUT2D eigenvalue weighted by Crippen LogP contribution is -2.43. The van der Waals surface area contributed by atoms with E-state index in [1.54, 1.807) is 19.7 Å². The lowest BCUT2D eigenvalue weighted by molar-refractivity contribution is 0.594. The van der Waals surface area contributed by atoms with Crippen LogP contribution in [0.25, 0.3) is 0 Å². The molecule has 0 fully saturated rings. The van der Waals surface area contributed by atoms with Crippen LogP contribution in [0.15, 0.2) is 51.3 Å². The van der Waals surface area contributed by atoms with Gasteiger partial charge in [-0.15, -0.1) is 22.0 Å². The van der Waals surface area contributed by atoms with E-state index in [0.717, 1.165) is 42.9 Å². The number of nitrogens with zero attached hydrogens (tertiary/aromatic N) is 4. The lowest BCUT2D eigenvalue weighted by atomic mass is 10.2. The van der Waals surface area contributed by atoms with Gasteiger partial charge in [0.05, 0.1) is 0 Å². The van der Waals surface area contributed by atoms with Gasteiger partial charge in [0.15, 0.2) is 5.96 Å². The van der Waals surface area contributed by atoms with E-state index in [1.165, 1.54) is 4.90 Å². The summed E-state index contributed by atoms with van der Waals surface area (Å²) in [5.41, 5.74) is 0. The number of halogens is 1. The molecule has 0 saturated carbocycles. The molecule has 0 saturated heterocycles. The largest absolute Gasteiger partial charge is 0.356 e. The smallest absolute Gasteiger partial charge is 0.191 e. The monoisotopic (exact) mass is 438 g/mol. The first-order chi connectivity index (χ1) is 12.5. The first kappa shape index (κ1) is 20.8. The molecule has 2 N–H and O–H groups in total. The minimum absolute atomic E-state index is 0.0554. The predicted molar refractivity (Wildman–Crippen MR) is 113 cm³/mol. The maximum Gasteiger partial charge on any atom is 0.191 e. The van der Waals surface area contributed by atoms with Crippen molar-refractivity contribution in [3.8, 4) is 0 Å². The van der Waals surface area contributed by atoms with Gasteiger partial charge in [0.25, 0.3) is 0 Å². The summed E-state index contributed by atoms with van der Waals surface area (Å²) >= 11 is 5.33. The fourth-order valence-corrected chi connectivity index (χ4v) is 3.66. The highest BCUT2D eigenvalue weighted by Crippen LogP contribution is 2.32. The Labute approximate surface area is 168 Å². The summed E-state index contributed by atoms with van der Waals surface area (Å²) in [5, 5.41) is 14.4. The first-order valence-corrected chi connectivity index (χ1v) is 10.3. The van der Waals surface area contributed by atoms with Crippen LogP contribution in [0.5, 0.6) is 0 Å². The summed E-state index contributed by atoms with van der Waals surface area (Å²) in [6, 6.07) is 8.43. The third-order valence-corrected chi connectivity index (χ3v) is 5.45. The maximum atomic E-state index is 4.31. The van der Waals surface area contributed by atoms with Crippen molar-refractivity contribution in [3.05, 3.63) is 41.4 Å². The van der Waals surface area contributed by atoms with Crippen molar-refractivity contribution in [2.75, 3.05) is 20.1 Å². The van der Waals surface area contributed by atoms with Crippen molar-refractivity contribution in [3.63, 3.8) is 0 Å². The zero-order valence-corrected chi connectivity index (χ0v) is 18.0. The molecular weight excluding hydrogens is 412 g/mol. The zero-order valence-electron chi connectivity index (χ0n) is 15.6. The Morgan fingerprint density at radius 3 is 2.50 bits per heavy atom. The maximum absolute atomic E-state index is 4.31. The normalized spacial score (nSPS) is 12.2. The average molecular weight is 439 g/mol. The van der Waals surface area contributed by atoms with Crippen LogP contribution < -0.4 is 10.6 Å². The number of hydrogen-bond donors (Lipinski definition) is 2. The molecule has 142 valence electrons. The molecule has 0 atom stereocenters. The standard InChI is InChI=1S/C18H27BrN6S/c1-18(2,26-16-8-6-15(19)7-9-16)12-22-17(20-3)21-10-4-5-11-25-13-23-24-14-25/h6-9,13-14H,4-5,10-12H2,1-3H3,(H2,20,21,22). The van der Waals surface area contributed by atoms with Crippen LogP contribution in [0.4, 0.5) is 0 Å². The number of aliphatic imine (C=N–C) groups is 1. The molecule has 0 aliphatic carbocycles. The average Bonchev–Trinajstić information content (AvgIpc) is 3.12. The molecular formula is C18H27BrN6S. The number of unbranched alkanes of at least 4 members (excludes halogenated alkanes) is 1. The third kappa shape index (κ3) is 7.78. The highest BCUT2D eigenvalue weighted by molar-refractivity contribution is 9.10. The molecule has 0 aliphatic heterocycles.